The minimum atomic E-state index is -3.68. The number of rotatable bonds is 8. The summed E-state index contributed by atoms with van der Waals surface area (Å²) in [5.74, 6) is 0.369. The van der Waals surface area contributed by atoms with Crippen LogP contribution in [-0.4, -0.2) is 38.2 Å². The third-order valence-electron chi connectivity index (χ3n) is 3.84. The van der Waals surface area contributed by atoms with Crippen LogP contribution in [0.4, 0.5) is 0 Å². The van der Waals surface area contributed by atoms with Crippen LogP contribution in [0.3, 0.4) is 0 Å². The summed E-state index contributed by atoms with van der Waals surface area (Å²) in [7, 11) is -2.12. The molecule has 3 rings (SSSR count). The summed E-state index contributed by atoms with van der Waals surface area (Å²) in [6.07, 6.45) is 0. The maximum atomic E-state index is 12.3. The van der Waals surface area contributed by atoms with Crippen LogP contribution in [0, 0.1) is 0 Å². The number of carbonyl (C=O) groups is 1. The first kappa shape index (κ1) is 20.5. The van der Waals surface area contributed by atoms with Crippen molar-refractivity contribution in [2.75, 3.05) is 13.7 Å². The van der Waals surface area contributed by atoms with Gasteiger partial charge in [-0.2, -0.15) is 4.98 Å². The lowest BCUT2D eigenvalue weighted by Gasteiger charge is -2.06. The summed E-state index contributed by atoms with van der Waals surface area (Å²) >= 11 is 0. The van der Waals surface area contributed by atoms with Crippen LogP contribution in [-0.2, 0) is 21.4 Å². The number of sulfonamides is 1. The Bertz CT molecular complexity index is 1110. The van der Waals surface area contributed by atoms with Gasteiger partial charge in [-0.25, -0.2) is 17.9 Å². The van der Waals surface area contributed by atoms with E-state index in [1.807, 2.05) is 0 Å². The van der Waals surface area contributed by atoms with Gasteiger partial charge in [0, 0.05) is 12.1 Å². The molecule has 0 bridgehead atoms. The van der Waals surface area contributed by atoms with Crippen LogP contribution in [0.1, 0.15) is 23.2 Å². The lowest BCUT2D eigenvalue weighted by molar-refractivity contribution is 0.0429. The Balaban J connectivity index is 1.68. The minimum absolute atomic E-state index is 0.0214. The van der Waals surface area contributed by atoms with Crippen molar-refractivity contribution in [1.29, 1.82) is 0 Å². The molecule has 0 atom stereocenters. The molecule has 1 N–H and O–H groups in total. The normalized spacial score (nSPS) is 11.2. The first-order valence-electron chi connectivity index (χ1n) is 8.67. The number of nitrogens with one attached hydrogen (secondary N) is 1. The van der Waals surface area contributed by atoms with Gasteiger partial charge in [0.1, 0.15) is 5.75 Å². The summed E-state index contributed by atoms with van der Waals surface area (Å²) in [6, 6.07) is 12.7. The number of methoxy groups -OCH3 is 1. The van der Waals surface area contributed by atoms with Crippen LogP contribution >= 0.6 is 0 Å². The van der Waals surface area contributed by atoms with Crippen molar-refractivity contribution in [3.63, 3.8) is 0 Å². The molecule has 0 radical (unpaired) electrons. The SMILES string of the molecule is CCNS(=O)(=O)c1cccc(C(=O)OCc2nc(-c3cccc(OC)c3)no2)c1. The zero-order chi connectivity index (χ0) is 20.9. The molecule has 0 aliphatic rings. The van der Waals surface area contributed by atoms with E-state index >= 15 is 0 Å². The van der Waals surface area contributed by atoms with Crippen LogP contribution in [0.15, 0.2) is 57.9 Å². The highest BCUT2D eigenvalue weighted by Crippen LogP contribution is 2.21. The molecule has 1 aromatic heterocycles. The van der Waals surface area contributed by atoms with E-state index in [1.165, 1.54) is 24.3 Å². The first-order valence-corrected chi connectivity index (χ1v) is 10.1. The molecule has 0 spiro atoms. The molecule has 29 heavy (non-hydrogen) atoms. The van der Waals surface area contributed by atoms with Crippen molar-refractivity contribution < 1.29 is 27.2 Å². The second-order valence-electron chi connectivity index (χ2n) is 5.85. The van der Waals surface area contributed by atoms with Crippen molar-refractivity contribution in [1.82, 2.24) is 14.9 Å². The van der Waals surface area contributed by atoms with Gasteiger partial charge in [0.15, 0.2) is 6.61 Å². The molecular weight excluding hydrogens is 398 g/mol. The van der Waals surface area contributed by atoms with Gasteiger partial charge in [-0.05, 0) is 30.3 Å². The van der Waals surface area contributed by atoms with Crippen LogP contribution in [0.5, 0.6) is 5.75 Å². The molecule has 152 valence electrons. The van der Waals surface area contributed by atoms with E-state index < -0.39 is 16.0 Å². The van der Waals surface area contributed by atoms with Crippen molar-refractivity contribution >= 4 is 16.0 Å². The highest BCUT2D eigenvalue weighted by molar-refractivity contribution is 7.89. The Morgan fingerprint density at radius 3 is 2.72 bits per heavy atom. The zero-order valence-corrected chi connectivity index (χ0v) is 16.6. The summed E-state index contributed by atoms with van der Waals surface area (Å²) in [5.41, 5.74) is 0.781. The number of aromatic nitrogens is 2. The third kappa shape index (κ3) is 4.98. The van der Waals surface area contributed by atoms with Crippen LogP contribution in [0.25, 0.3) is 11.4 Å². The fraction of sp³-hybridized carbons (Fsp3) is 0.211. The summed E-state index contributed by atoms with van der Waals surface area (Å²) < 4.78 is 41.9. The quantitative estimate of drug-likeness (QED) is 0.555. The van der Waals surface area contributed by atoms with Gasteiger partial charge in [-0.1, -0.05) is 30.3 Å². The smallest absolute Gasteiger partial charge is 0.338 e. The van der Waals surface area contributed by atoms with Crippen LogP contribution in [0.2, 0.25) is 0 Å². The molecule has 0 unspecified atom stereocenters. The van der Waals surface area contributed by atoms with Crippen molar-refractivity contribution in [2.24, 2.45) is 0 Å². The largest absolute Gasteiger partial charge is 0.497 e. The maximum absolute atomic E-state index is 12.3. The van der Waals surface area contributed by atoms with Crippen molar-refractivity contribution in [2.45, 2.75) is 18.4 Å². The van der Waals surface area contributed by atoms with Crippen LogP contribution < -0.4 is 9.46 Å². The highest BCUT2D eigenvalue weighted by atomic mass is 32.2. The van der Waals surface area contributed by atoms with E-state index in [4.69, 9.17) is 14.0 Å². The predicted octanol–water partition coefficient (Wildman–Crippen LogP) is 2.40. The third-order valence-corrected chi connectivity index (χ3v) is 5.38. The molecule has 0 saturated heterocycles. The molecule has 0 aliphatic heterocycles. The molecule has 0 fully saturated rings. The number of carbonyl (C=O) groups excluding carboxylic acids is 1. The highest BCUT2D eigenvalue weighted by Gasteiger charge is 2.17. The Morgan fingerprint density at radius 2 is 1.97 bits per heavy atom. The Morgan fingerprint density at radius 1 is 1.17 bits per heavy atom. The standard InChI is InChI=1S/C19H19N3O6S/c1-3-20-29(24,25)16-9-5-7-14(11-16)19(23)27-12-17-21-18(22-28-17)13-6-4-8-15(10-13)26-2/h4-11,20H,3,12H2,1-2H3. The number of benzene rings is 2. The molecule has 0 aliphatic carbocycles. The minimum Gasteiger partial charge on any atom is -0.497 e. The second kappa shape index (κ2) is 8.84. The molecule has 1 heterocycles. The lowest BCUT2D eigenvalue weighted by Crippen LogP contribution is -2.23. The second-order valence-corrected chi connectivity index (χ2v) is 7.62. The molecule has 0 saturated carbocycles. The van der Waals surface area contributed by atoms with E-state index in [-0.39, 0.29) is 29.5 Å². The van der Waals surface area contributed by atoms with Gasteiger partial charge >= 0.3 is 5.97 Å². The molecule has 2 aromatic carbocycles. The molecule has 10 heteroatoms. The summed E-state index contributed by atoms with van der Waals surface area (Å²) in [5, 5.41) is 3.86. The van der Waals surface area contributed by atoms with Crippen molar-refractivity contribution in [3.8, 4) is 17.1 Å². The van der Waals surface area contributed by atoms with E-state index in [0.717, 1.165) is 0 Å². The van der Waals surface area contributed by atoms with Crippen molar-refractivity contribution in [3.05, 3.63) is 60.0 Å². The van der Waals surface area contributed by atoms with E-state index in [1.54, 1.807) is 38.3 Å². The molecular formula is C19H19N3O6S. The number of nitrogens with zero attached hydrogens (tertiary/aromatic N) is 2. The van der Waals surface area contributed by atoms with Gasteiger partial charge in [0.2, 0.25) is 15.8 Å². The fourth-order valence-corrected chi connectivity index (χ4v) is 3.55. The Kier molecular flexibility index (Phi) is 6.25. The monoisotopic (exact) mass is 417 g/mol. The summed E-state index contributed by atoms with van der Waals surface area (Å²) in [6.45, 7) is 1.66. The Hall–Kier alpha value is -3.24. The molecule has 0 amide bonds. The van der Waals surface area contributed by atoms with E-state index in [9.17, 15) is 13.2 Å². The van der Waals surface area contributed by atoms with E-state index in [0.29, 0.717) is 17.1 Å². The number of esters is 1. The average Bonchev–Trinajstić information content (AvgIpc) is 3.21. The Labute approximate surface area is 167 Å². The van der Waals surface area contributed by atoms with Gasteiger partial charge in [-0.15, -0.1) is 0 Å². The van der Waals surface area contributed by atoms with Gasteiger partial charge in [-0.3, -0.25) is 0 Å². The predicted molar refractivity (Wildman–Crippen MR) is 103 cm³/mol. The zero-order valence-electron chi connectivity index (χ0n) is 15.8. The first-order chi connectivity index (χ1) is 13.9. The number of ether oxygens (including phenoxy) is 2. The fourth-order valence-electron chi connectivity index (χ4n) is 2.47. The van der Waals surface area contributed by atoms with Gasteiger partial charge in [0.25, 0.3) is 5.89 Å². The van der Waals surface area contributed by atoms with Gasteiger partial charge in [0.05, 0.1) is 17.6 Å². The van der Waals surface area contributed by atoms with Gasteiger partial charge < -0.3 is 14.0 Å². The van der Waals surface area contributed by atoms with E-state index in [2.05, 4.69) is 14.9 Å². The maximum Gasteiger partial charge on any atom is 0.338 e. The lowest BCUT2D eigenvalue weighted by atomic mass is 10.2. The number of hydrogen-bond acceptors (Lipinski definition) is 8. The molecule has 9 nitrogen and oxygen atoms in total. The number of hydrogen-bond donors (Lipinski definition) is 1. The topological polar surface area (TPSA) is 121 Å². The average molecular weight is 417 g/mol. The molecule has 3 aromatic rings. The summed E-state index contributed by atoms with van der Waals surface area (Å²) in [4.78, 5) is 16.4.